The van der Waals surface area contributed by atoms with Crippen molar-refractivity contribution in [3.63, 3.8) is 0 Å². The molecular weight excluding hydrogens is 707 g/mol. The van der Waals surface area contributed by atoms with Gasteiger partial charge in [-0.15, -0.1) is 0 Å². The molecule has 2 fully saturated rings. The van der Waals surface area contributed by atoms with Crippen LogP contribution in [0, 0.1) is 5.92 Å². The number of nitrogens with one attached hydrogen (secondary N) is 3. The number of fused-ring (bicyclic) bond motifs is 1. The van der Waals surface area contributed by atoms with Crippen LogP contribution < -0.4 is 30.9 Å². The molecule has 256 valence electrons. The Balaban J connectivity index is 1.20. The fourth-order valence-corrected chi connectivity index (χ4v) is 8.37. The highest BCUT2D eigenvalue weighted by molar-refractivity contribution is 9.10. The lowest BCUT2D eigenvalue weighted by molar-refractivity contribution is -0.0155. The van der Waals surface area contributed by atoms with Crippen LogP contribution in [-0.4, -0.2) is 88.8 Å². The van der Waals surface area contributed by atoms with Crippen LogP contribution in [-0.2, 0) is 16.3 Å². The van der Waals surface area contributed by atoms with Crippen molar-refractivity contribution in [2.75, 3.05) is 68.8 Å². The number of piperidine rings is 1. The molecule has 15 heteroatoms. The second kappa shape index (κ2) is 14.0. The molecule has 0 amide bonds. The fourth-order valence-electron chi connectivity index (χ4n) is 6.69. The fraction of sp³-hybridized carbons (Fsp3) is 0.382. The zero-order valence-electron chi connectivity index (χ0n) is 28.0. The summed E-state index contributed by atoms with van der Waals surface area (Å²) in [5.74, 6) is 2.04. The van der Waals surface area contributed by atoms with E-state index in [0.717, 1.165) is 62.6 Å². The molecule has 2 aliphatic heterocycles. The molecule has 13 nitrogen and oxygen atoms in total. The minimum Gasteiger partial charge on any atom is -0.494 e. The zero-order valence-corrected chi connectivity index (χ0v) is 30.5. The molecule has 3 aromatic heterocycles. The maximum Gasteiger partial charge on any atom is 0.229 e. The van der Waals surface area contributed by atoms with Crippen molar-refractivity contribution in [2.45, 2.75) is 18.9 Å². The molecule has 2 aliphatic rings. The van der Waals surface area contributed by atoms with Gasteiger partial charge in [0, 0.05) is 69.6 Å². The van der Waals surface area contributed by atoms with Crippen LogP contribution in [0.3, 0.4) is 0 Å². The molecule has 7 rings (SSSR count). The quantitative estimate of drug-likeness (QED) is 0.163. The monoisotopic (exact) mass is 746 g/mol. The summed E-state index contributed by atoms with van der Waals surface area (Å²) in [6.45, 7) is 7.90. The number of hydrogen-bond acceptors (Lipinski definition) is 12. The molecule has 49 heavy (non-hydrogen) atoms. The summed E-state index contributed by atoms with van der Waals surface area (Å²) in [5.41, 5.74) is 5.52. The number of nitrogens with zero attached hydrogens (tertiary/aromatic N) is 7. The standard InChI is InChI=1S/C34H40BrN10O3P/c1-44-19-27(40-20-44)22-15-26(29(47-2)16-28(22)45-12-7-21(8-13-45)30-18-36-11-14-48-30)42-34-39-17-23(35)33(43-34)41-25-6-5-24-31(38-10-9-37-24)32(25)49(3,4)46/h5-6,9-10,15-17,19-21,30,36H,7-8,11-14,18H2,1-4H3,(H2,39,41,42,43). The summed E-state index contributed by atoms with van der Waals surface area (Å²) >= 11 is 3.59. The van der Waals surface area contributed by atoms with Gasteiger partial charge < -0.3 is 39.5 Å². The Morgan fingerprint density at radius 3 is 2.59 bits per heavy atom. The number of aromatic nitrogens is 6. The number of imidazole rings is 1. The molecule has 5 aromatic rings. The SMILES string of the molecule is COc1cc(N2CCC(C3CNCCO3)CC2)c(-c2cn(C)cn2)cc1Nc1ncc(Br)c(Nc2ccc3nccnc3c2P(C)(C)=O)n1. The third-order valence-corrected chi connectivity index (χ3v) is 11.2. The number of morpholine rings is 1. The van der Waals surface area contributed by atoms with E-state index >= 15 is 0 Å². The second-order valence-corrected chi connectivity index (χ2v) is 16.8. The zero-order chi connectivity index (χ0) is 34.1. The molecule has 2 saturated heterocycles. The number of methoxy groups -OCH3 is 1. The van der Waals surface area contributed by atoms with Crippen LogP contribution in [0.5, 0.6) is 5.75 Å². The van der Waals surface area contributed by atoms with Crippen molar-refractivity contribution < 1.29 is 14.0 Å². The minimum atomic E-state index is -2.77. The Bertz CT molecular complexity index is 2020. The largest absolute Gasteiger partial charge is 0.494 e. The van der Waals surface area contributed by atoms with Gasteiger partial charge in [-0.2, -0.15) is 4.98 Å². The van der Waals surface area contributed by atoms with Gasteiger partial charge in [0.15, 0.2) is 0 Å². The average Bonchev–Trinajstić information content (AvgIpc) is 3.55. The summed E-state index contributed by atoms with van der Waals surface area (Å²) in [4.78, 5) is 25.4. The summed E-state index contributed by atoms with van der Waals surface area (Å²) in [5, 5.41) is 10.8. The summed E-state index contributed by atoms with van der Waals surface area (Å²) in [7, 11) is 0.865. The van der Waals surface area contributed by atoms with Gasteiger partial charge in [0.25, 0.3) is 0 Å². The topological polar surface area (TPSA) is 144 Å². The first-order valence-corrected chi connectivity index (χ1v) is 19.7. The highest BCUT2D eigenvalue weighted by atomic mass is 79.9. The Hall–Kier alpha value is -4.10. The Kier molecular flexibility index (Phi) is 9.56. The van der Waals surface area contributed by atoms with Gasteiger partial charge in [-0.1, -0.05) is 0 Å². The maximum absolute atomic E-state index is 13.5. The number of rotatable bonds is 9. The molecule has 5 heterocycles. The van der Waals surface area contributed by atoms with Crippen LogP contribution in [0.25, 0.3) is 22.3 Å². The van der Waals surface area contributed by atoms with E-state index in [-0.39, 0.29) is 6.10 Å². The Morgan fingerprint density at radius 1 is 1.06 bits per heavy atom. The first kappa shape index (κ1) is 33.4. The van der Waals surface area contributed by atoms with Gasteiger partial charge in [-0.05, 0) is 66.2 Å². The lowest BCUT2D eigenvalue weighted by Gasteiger charge is -2.39. The Labute approximate surface area is 293 Å². The van der Waals surface area contributed by atoms with E-state index in [0.29, 0.717) is 55.6 Å². The van der Waals surface area contributed by atoms with Gasteiger partial charge in [-0.3, -0.25) is 9.97 Å². The molecule has 0 radical (unpaired) electrons. The smallest absolute Gasteiger partial charge is 0.229 e. The second-order valence-electron chi connectivity index (χ2n) is 12.8. The number of hydrogen-bond donors (Lipinski definition) is 3. The van der Waals surface area contributed by atoms with Gasteiger partial charge in [0.05, 0.1) is 64.2 Å². The number of halogens is 1. The summed E-state index contributed by atoms with van der Waals surface area (Å²) in [6, 6.07) is 7.84. The van der Waals surface area contributed by atoms with E-state index in [2.05, 4.69) is 63.9 Å². The van der Waals surface area contributed by atoms with Crippen LogP contribution in [0.2, 0.25) is 0 Å². The molecule has 0 saturated carbocycles. The number of ether oxygens (including phenoxy) is 2. The lowest BCUT2D eigenvalue weighted by Crippen LogP contribution is -2.46. The molecule has 0 spiro atoms. The molecule has 1 unspecified atom stereocenters. The summed E-state index contributed by atoms with van der Waals surface area (Å²) < 4.78 is 28.1. The van der Waals surface area contributed by atoms with Crippen LogP contribution >= 0.6 is 23.1 Å². The van der Waals surface area contributed by atoms with Gasteiger partial charge in [-0.25, -0.2) is 9.97 Å². The van der Waals surface area contributed by atoms with E-state index < -0.39 is 7.14 Å². The van der Waals surface area contributed by atoms with Crippen LogP contribution in [0.4, 0.5) is 28.8 Å². The lowest BCUT2D eigenvalue weighted by atomic mass is 9.90. The molecule has 0 aliphatic carbocycles. The molecule has 1 atom stereocenters. The van der Waals surface area contributed by atoms with Crippen LogP contribution in [0.1, 0.15) is 12.8 Å². The van der Waals surface area contributed by atoms with E-state index in [9.17, 15) is 4.57 Å². The van der Waals surface area contributed by atoms with Crippen molar-refractivity contribution in [1.82, 2.24) is 34.8 Å². The van der Waals surface area contributed by atoms with Crippen molar-refractivity contribution >= 4 is 68.2 Å². The van der Waals surface area contributed by atoms with Crippen LogP contribution in [0.15, 0.2) is 59.9 Å². The highest BCUT2D eigenvalue weighted by Gasteiger charge is 2.30. The number of aryl methyl sites for hydroxylation is 1. The van der Waals surface area contributed by atoms with Crippen molar-refractivity contribution in [3.8, 4) is 17.0 Å². The average molecular weight is 748 g/mol. The molecule has 0 bridgehead atoms. The van der Waals surface area contributed by atoms with E-state index in [1.54, 1.807) is 39.0 Å². The van der Waals surface area contributed by atoms with Gasteiger partial charge >= 0.3 is 0 Å². The molecule has 3 N–H and O–H groups in total. The molecule has 2 aromatic carbocycles. The van der Waals surface area contributed by atoms with Crippen molar-refractivity contribution in [1.29, 1.82) is 0 Å². The maximum atomic E-state index is 13.5. The van der Waals surface area contributed by atoms with E-state index in [1.807, 2.05) is 36.3 Å². The number of anilines is 5. The van der Waals surface area contributed by atoms with Gasteiger partial charge in [0.1, 0.15) is 24.2 Å². The Morgan fingerprint density at radius 2 is 1.88 bits per heavy atom. The van der Waals surface area contributed by atoms with Crippen molar-refractivity contribution in [3.05, 3.63) is 59.9 Å². The first-order chi connectivity index (χ1) is 23.7. The summed E-state index contributed by atoms with van der Waals surface area (Å²) in [6.07, 6.45) is 11.1. The third-order valence-electron chi connectivity index (χ3n) is 9.06. The minimum absolute atomic E-state index is 0.271. The first-order valence-electron chi connectivity index (χ1n) is 16.3. The number of benzene rings is 2. The predicted molar refractivity (Wildman–Crippen MR) is 198 cm³/mol. The third kappa shape index (κ3) is 7.14. The van der Waals surface area contributed by atoms with E-state index in [4.69, 9.17) is 19.4 Å². The van der Waals surface area contributed by atoms with Crippen molar-refractivity contribution in [2.24, 2.45) is 13.0 Å². The molecular formula is C34H40BrN10O3P. The highest BCUT2D eigenvalue weighted by Crippen LogP contribution is 2.43. The van der Waals surface area contributed by atoms with E-state index in [1.165, 1.54) is 0 Å². The van der Waals surface area contributed by atoms with Gasteiger partial charge in [0.2, 0.25) is 5.95 Å². The predicted octanol–water partition coefficient (Wildman–Crippen LogP) is 5.53. The normalized spacial score (nSPS) is 17.3.